The SMILES string of the molecule is C=C(NCCCN1CCCC1)c1cccc(N/C(N)=C/C=C(\N)c2ccccc2)c1. The molecule has 6 N–H and O–H groups in total. The molecule has 0 unspecified atom stereocenters. The molecule has 0 atom stereocenters. The van der Waals surface area contributed by atoms with Crippen molar-refractivity contribution in [2.24, 2.45) is 11.5 Å². The second-order valence-corrected chi connectivity index (χ2v) is 7.62. The van der Waals surface area contributed by atoms with Crippen molar-refractivity contribution in [3.05, 3.63) is 90.3 Å². The van der Waals surface area contributed by atoms with Gasteiger partial charge in [-0.2, -0.15) is 0 Å². The smallest absolute Gasteiger partial charge is 0.101 e. The number of nitrogens with zero attached hydrogens (tertiary/aromatic N) is 1. The van der Waals surface area contributed by atoms with Gasteiger partial charge in [-0.05, 0) is 74.3 Å². The molecule has 30 heavy (non-hydrogen) atoms. The van der Waals surface area contributed by atoms with Gasteiger partial charge in [-0.25, -0.2) is 0 Å². The van der Waals surface area contributed by atoms with Crippen LogP contribution in [0.2, 0.25) is 0 Å². The number of nitrogens with two attached hydrogens (primary N) is 2. The molecule has 2 aromatic carbocycles. The maximum absolute atomic E-state index is 6.12. The van der Waals surface area contributed by atoms with Crippen molar-refractivity contribution in [2.45, 2.75) is 19.3 Å². The predicted molar refractivity (Wildman–Crippen MR) is 128 cm³/mol. The molecule has 1 aliphatic rings. The number of nitrogens with one attached hydrogen (secondary N) is 2. The number of hydrogen-bond acceptors (Lipinski definition) is 5. The summed E-state index contributed by atoms with van der Waals surface area (Å²) in [4.78, 5) is 2.53. The van der Waals surface area contributed by atoms with Crippen molar-refractivity contribution in [1.29, 1.82) is 0 Å². The standard InChI is InChI=1S/C25H33N5/c1-20(28-15-8-18-30-16-5-6-17-30)22-11-7-12-23(19-22)29-25(27)14-13-24(26)21-9-3-2-4-10-21/h2-4,7,9-14,19,28-29H,1,5-6,8,15-18,26-27H2/b24-13-,25-14+. The molecule has 158 valence electrons. The summed E-state index contributed by atoms with van der Waals surface area (Å²) in [7, 11) is 0. The number of benzene rings is 2. The molecule has 0 amide bonds. The van der Waals surface area contributed by atoms with E-state index < -0.39 is 0 Å². The zero-order chi connectivity index (χ0) is 21.2. The molecule has 2 aromatic rings. The van der Waals surface area contributed by atoms with Gasteiger partial charge in [0, 0.05) is 23.6 Å². The minimum Gasteiger partial charge on any atom is -0.398 e. The molecule has 0 bridgehead atoms. The molecule has 0 aromatic heterocycles. The maximum atomic E-state index is 6.12. The van der Waals surface area contributed by atoms with Crippen molar-refractivity contribution in [2.75, 3.05) is 31.5 Å². The van der Waals surface area contributed by atoms with Crippen LogP contribution < -0.4 is 22.1 Å². The van der Waals surface area contributed by atoms with Crippen LogP contribution in [0.25, 0.3) is 11.4 Å². The van der Waals surface area contributed by atoms with E-state index in [1.807, 2.05) is 60.7 Å². The van der Waals surface area contributed by atoms with Crippen molar-refractivity contribution in [3.8, 4) is 0 Å². The summed E-state index contributed by atoms with van der Waals surface area (Å²) in [5.74, 6) is 0.523. The molecule has 5 nitrogen and oxygen atoms in total. The Balaban J connectivity index is 1.50. The monoisotopic (exact) mass is 403 g/mol. The molecule has 0 aliphatic carbocycles. The second kappa shape index (κ2) is 11.1. The minimum atomic E-state index is 0.523. The first kappa shape index (κ1) is 21.5. The van der Waals surface area contributed by atoms with Crippen molar-refractivity contribution < 1.29 is 0 Å². The highest BCUT2D eigenvalue weighted by Crippen LogP contribution is 2.17. The number of allylic oxidation sites excluding steroid dienone is 2. The van der Waals surface area contributed by atoms with Crippen LogP contribution >= 0.6 is 0 Å². The van der Waals surface area contributed by atoms with Gasteiger partial charge in [0.1, 0.15) is 5.82 Å². The van der Waals surface area contributed by atoms with E-state index in [1.54, 1.807) is 6.08 Å². The summed E-state index contributed by atoms with van der Waals surface area (Å²) >= 11 is 0. The minimum absolute atomic E-state index is 0.523. The Labute approximate surface area is 180 Å². The lowest BCUT2D eigenvalue weighted by atomic mass is 10.1. The molecule has 1 aliphatic heterocycles. The van der Waals surface area contributed by atoms with Crippen molar-refractivity contribution in [3.63, 3.8) is 0 Å². The van der Waals surface area contributed by atoms with Gasteiger partial charge in [0.15, 0.2) is 0 Å². The first-order valence-electron chi connectivity index (χ1n) is 10.6. The Morgan fingerprint density at radius 2 is 1.70 bits per heavy atom. The van der Waals surface area contributed by atoms with Crippen LogP contribution in [-0.4, -0.2) is 31.1 Å². The van der Waals surface area contributed by atoms with Crippen LogP contribution in [-0.2, 0) is 0 Å². The molecule has 1 saturated heterocycles. The Morgan fingerprint density at radius 3 is 2.47 bits per heavy atom. The van der Waals surface area contributed by atoms with Gasteiger partial charge >= 0.3 is 0 Å². The molecule has 0 spiro atoms. The van der Waals surface area contributed by atoms with Gasteiger partial charge in [0.2, 0.25) is 0 Å². The van der Waals surface area contributed by atoms with Crippen LogP contribution in [0.3, 0.4) is 0 Å². The molecular weight excluding hydrogens is 370 g/mol. The Hall–Kier alpha value is -3.18. The average Bonchev–Trinajstić information content (AvgIpc) is 3.29. The topological polar surface area (TPSA) is 79.3 Å². The molecule has 0 saturated carbocycles. The number of anilines is 1. The molecule has 1 heterocycles. The molecule has 3 rings (SSSR count). The highest BCUT2D eigenvalue weighted by Gasteiger charge is 2.10. The lowest BCUT2D eigenvalue weighted by Gasteiger charge is -2.16. The van der Waals surface area contributed by atoms with Crippen molar-refractivity contribution in [1.82, 2.24) is 10.2 Å². The number of hydrogen-bond donors (Lipinski definition) is 4. The zero-order valence-corrected chi connectivity index (χ0v) is 17.6. The Morgan fingerprint density at radius 1 is 0.967 bits per heavy atom. The normalized spacial score (nSPS) is 15.2. The van der Waals surface area contributed by atoms with Crippen LogP contribution in [0.4, 0.5) is 5.69 Å². The Kier molecular flexibility index (Phi) is 7.98. The maximum Gasteiger partial charge on any atom is 0.101 e. The molecule has 5 heteroatoms. The van der Waals surface area contributed by atoms with Gasteiger partial charge in [0.05, 0.1) is 0 Å². The third-order valence-corrected chi connectivity index (χ3v) is 5.24. The summed E-state index contributed by atoms with van der Waals surface area (Å²) in [6.07, 6.45) is 7.39. The van der Waals surface area contributed by atoms with Gasteiger partial charge < -0.3 is 27.0 Å². The average molecular weight is 404 g/mol. The highest BCUT2D eigenvalue weighted by molar-refractivity contribution is 5.67. The largest absolute Gasteiger partial charge is 0.398 e. The van der Waals surface area contributed by atoms with E-state index in [1.165, 1.54) is 25.9 Å². The first-order valence-corrected chi connectivity index (χ1v) is 10.6. The van der Waals surface area contributed by atoms with E-state index in [0.717, 1.165) is 42.0 Å². The fourth-order valence-electron chi connectivity index (χ4n) is 3.55. The van der Waals surface area contributed by atoms with Crippen LogP contribution in [0, 0.1) is 0 Å². The van der Waals surface area contributed by atoms with E-state index in [-0.39, 0.29) is 0 Å². The first-order chi connectivity index (χ1) is 14.6. The lowest BCUT2D eigenvalue weighted by molar-refractivity contribution is 0.334. The molecule has 1 fully saturated rings. The fraction of sp³-hybridized carbons (Fsp3) is 0.280. The molecular formula is C25H33N5. The van der Waals surface area contributed by atoms with E-state index in [2.05, 4.69) is 22.1 Å². The second-order valence-electron chi connectivity index (χ2n) is 7.62. The van der Waals surface area contributed by atoms with Crippen molar-refractivity contribution >= 4 is 17.1 Å². The predicted octanol–water partition coefficient (Wildman–Crippen LogP) is 3.94. The van der Waals surface area contributed by atoms with Gasteiger partial charge in [-0.3, -0.25) is 0 Å². The van der Waals surface area contributed by atoms with E-state index in [0.29, 0.717) is 11.5 Å². The van der Waals surface area contributed by atoms with Gasteiger partial charge in [0.25, 0.3) is 0 Å². The summed E-state index contributed by atoms with van der Waals surface area (Å²) in [5.41, 5.74) is 16.8. The molecule has 0 radical (unpaired) electrons. The zero-order valence-electron chi connectivity index (χ0n) is 17.6. The third kappa shape index (κ3) is 6.71. The van der Waals surface area contributed by atoms with E-state index in [4.69, 9.17) is 11.5 Å². The van der Waals surface area contributed by atoms with Gasteiger partial charge in [-0.15, -0.1) is 0 Å². The quantitative estimate of drug-likeness (QED) is 0.357. The summed E-state index contributed by atoms with van der Waals surface area (Å²) in [6.45, 7) is 8.76. The van der Waals surface area contributed by atoms with Crippen LogP contribution in [0.1, 0.15) is 30.4 Å². The summed E-state index contributed by atoms with van der Waals surface area (Å²) < 4.78 is 0. The van der Waals surface area contributed by atoms with E-state index >= 15 is 0 Å². The summed E-state index contributed by atoms with van der Waals surface area (Å²) in [6, 6.07) is 17.9. The van der Waals surface area contributed by atoms with E-state index in [9.17, 15) is 0 Å². The number of likely N-dealkylation sites (tertiary alicyclic amines) is 1. The van der Waals surface area contributed by atoms with Crippen LogP contribution in [0.15, 0.2) is 79.1 Å². The van der Waals surface area contributed by atoms with Crippen LogP contribution in [0.5, 0.6) is 0 Å². The Bertz CT molecular complexity index is 879. The summed E-state index contributed by atoms with van der Waals surface area (Å²) in [5, 5.41) is 6.65. The fourth-order valence-corrected chi connectivity index (χ4v) is 3.55. The van der Waals surface area contributed by atoms with Gasteiger partial charge in [-0.1, -0.05) is 49.0 Å². The third-order valence-electron chi connectivity index (χ3n) is 5.24. The number of rotatable bonds is 10. The lowest BCUT2D eigenvalue weighted by Crippen LogP contribution is -2.24. The highest BCUT2D eigenvalue weighted by atomic mass is 15.1.